The molecule has 2 aliphatic heterocycles. The van der Waals surface area contributed by atoms with Gasteiger partial charge >= 0.3 is 0 Å². The third-order valence-electron chi connectivity index (χ3n) is 3.24. The van der Waals surface area contributed by atoms with E-state index in [2.05, 4.69) is 15.5 Å². The standard InChI is InChI=1S/C9H13N3O/c1-6-11-8(13-12-6)9-2-7(3-9)4-10-5-9/h7,10H,2-5H2,1H3. The minimum atomic E-state index is 0.185. The van der Waals surface area contributed by atoms with Gasteiger partial charge < -0.3 is 9.84 Å². The molecule has 0 radical (unpaired) electrons. The van der Waals surface area contributed by atoms with Crippen LogP contribution in [0.5, 0.6) is 0 Å². The van der Waals surface area contributed by atoms with Crippen LogP contribution in [0.1, 0.15) is 24.6 Å². The van der Waals surface area contributed by atoms with Gasteiger partial charge in [0.25, 0.3) is 0 Å². The normalized spacial score (nSPS) is 37.2. The van der Waals surface area contributed by atoms with Crippen LogP contribution >= 0.6 is 0 Å². The SMILES string of the molecule is Cc1noc(C23CNCC(C2)C3)n1. The first kappa shape index (κ1) is 7.50. The Morgan fingerprint density at radius 3 is 2.92 bits per heavy atom. The summed E-state index contributed by atoms with van der Waals surface area (Å²) in [5, 5.41) is 7.25. The van der Waals surface area contributed by atoms with Crippen molar-refractivity contribution in [3.05, 3.63) is 11.7 Å². The Balaban J connectivity index is 1.92. The Morgan fingerprint density at radius 2 is 2.38 bits per heavy atom. The van der Waals surface area contributed by atoms with Crippen LogP contribution in [0, 0.1) is 12.8 Å². The summed E-state index contributed by atoms with van der Waals surface area (Å²) in [5.41, 5.74) is 0.185. The third kappa shape index (κ3) is 0.950. The number of hydrogen-bond acceptors (Lipinski definition) is 4. The highest BCUT2D eigenvalue weighted by Gasteiger charge is 2.51. The lowest BCUT2D eigenvalue weighted by atomic mass is 9.59. The second kappa shape index (κ2) is 2.32. The highest BCUT2D eigenvalue weighted by Crippen LogP contribution is 2.48. The Hall–Kier alpha value is -0.900. The molecule has 0 aromatic carbocycles. The highest BCUT2D eigenvalue weighted by atomic mass is 16.5. The van der Waals surface area contributed by atoms with Crippen LogP contribution in [-0.4, -0.2) is 23.2 Å². The second-order valence-corrected chi connectivity index (χ2v) is 4.33. The summed E-state index contributed by atoms with van der Waals surface area (Å²) < 4.78 is 5.24. The molecule has 1 aliphatic carbocycles. The fraction of sp³-hybridized carbons (Fsp3) is 0.778. The van der Waals surface area contributed by atoms with E-state index in [4.69, 9.17) is 4.52 Å². The maximum Gasteiger partial charge on any atom is 0.234 e. The van der Waals surface area contributed by atoms with Gasteiger partial charge in [0, 0.05) is 6.54 Å². The van der Waals surface area contributed by atoms with Crippen LogP contribution in [0.3, 0.4) is 0 Å². The molecule has 1 saturated carbocycles. The van der Waals surface area contributed by atoms with Gasteiger partial charge in [-0.1, -0.05) is 5.16 Å². The van der Waals surface area contributed by atoms with Crippen LogP contribution in [0.4, 0.5) is 0 Å². The van der Waals surface area contributed by atoms with Crippen LogP contribution in [0.2, 0.25) is 0 Å². The summed E-state index contributed by atoms with van der Waals surface area (Å²) in [4.78, 5) is 4.33. The summed E-state index contributed by atoms with van der Waals surface area (Å²) >= 11 is 0. The van der Waals surface area contributed by atoms with E-state index in [0.717, 1.165) is 30.7 Å². The number of nitrogens with one attached hydrogen (secondary N) is 1. The van der Waals surface area contributed by atoms with E-state index in [-0.39, 0.29) is 5.41 Å². The van der Waals surface area contributed by atoms with Gasteiger partial charge in [0.2, 0.25) is 5.89 Å². The van der Waals surface area contributed by atoms with Crippen molar-refractivity contribution in [2.45, 2.75) is 25.2 Å². The topological polar surface area (TPSA) is 51.0 Å². The van der Waals surface area contributed by atoms with E-state index in [9.17, 15) is 0 Å². The smallest absolute Gasteiger partial charge is 0.234 e. The number of piperidine rings is 2. The lowest BCUT2D eigenvalue weighted by molar-refractivity contribution is 0.0589. The molecule has 3 aliphatic rings. The third-order valence-corrected chi connectivity index (χ3v) is 3.24. The van der Waals surface area contributed by atoms with Crippen LogP contribution in [0.15, 0.2) is 4.52 Å². The van der Waals surface area contributed by atoms with Gasteiger partial charge in [-0.3, -0.25) is 0 Å². The fourth-order valence-corrected chi connectivity index (χ4v) is 2.61. The van der Waals surface area contributed by atoms with Crippen molar-refractivity contribution >= 4 is 0 Å². The summed E-state index contributed by atoms with van der Waals surface area (Å²) in [5.74, 6) is 2.42. The minimum Gasteiger partial charge on any atom is -0.339 e. The zero-order valence-corrected chi connectivity index (χ0v) is 7.71. The molecule has 0 spiro atoms. The molecule has 0 amide bonds. The summed E-state index contributed by atoms with van der Waals surface area (Å²) in [6, 6.07) is 0. The Bertz CT molecular complexity index is 322. The maximum atomic E-state index is 5.24. The molecule has 0 atom stereocenters. The predicted octanol–water partition coefficient (Wildman–Crippen LogP) is 0.629. The van der Waals surface area contributed by atoms with Crippen LogP contribution < -0.4 is 5.32 Å². The second-order valence-electron chi connectivity index (χ2n) is 4.33. The van der Waals surface area contributed by atoms with E-state index < -0.39 is 0 Å². The first-order chi connectivity index (χ1) is 6.28. The van der Waals surface area contributed by atoms with Crippen LogP contribution in [-0.2, 0) is 5.41 Å². The first-order valence-electron chi connectivity index (χ1n) is 4.80. The quantitative estimate of drug-likeness (QED) is 0.687. The molecule has 2 bridgehead atoms. The number of aromatic nitrogens is 2. The molecule has 4 nitrogen and oxygen atoms in total. The molecule has 2 saturated heterocycles. The molecule has 1 aromatic heterocycles. The highest BCUT2D eigenvalue weighted by molar-refractivity contribution is 5.16. The average Bonchev–Trinajstić information content (AvgIpc) is 2.52. The Labute approximate surface area is 76.7 Å². The number of hydrogen-bond donors (Lipinski definition) is 1. The van der Waals surface area contributed by atoms with E-state index in [0.29, 0.717) is 0 Å². The van der Waals surface area contributed by atoms with Gasteiger partial charge in [-0.25, -0.2) is 0 Å². The predicted molar refractivity (Wildman–Crippen MR) is 46.3 cm³/mol. The molecule has 3 heterocycles. The zero-order chi connectivity index (χ0) is 8.89. The summed E-state index contributed by atoms with van der Waals surface area (Å²) in [6.45, 7) is 4.04. The molecule has 13 heavy (non-hydrogen) atoms. The van der Waals surface area contributed by atoms with Crippen LogP contribution in [0.25, 0.3) is 0 Å². The molecule has 0 unspecified atom stereocenters. The van der Waals surface area contributed by atoms with E-state index >= 15 is 0 Å². The zero-order valence-electron chi connectivity index (χ0n) is 7.71. The van der Waals surface area contributed by atoms with Crippen molar-refractivity contribution in [1.29, 1.82) is 0 Å². The number of nitrogens with zero attached hydrogens (tertiary/aromatic N) is 2. The lowest BCUT2D eigenvalue weighted by Gasteiger charge is -2.50. The van der Waals surface area contributed by atoms with E-state index in [1.165, 1.54) is 12.8 Å². The van der Waals surface area contributed by atoms with Crippen molar-refractivity contribution < 1.29 is 4.52 Å². The van der Waals surface area contributed by atoms with Crippen molar-refractivity contribution in [2.24, 2.45) is 5.92 Å². The molecule has 4 rings (SSSR count). The van der Waals surface area contributed by atoms with E-state index in [1.54, 1.807) is 0 Å². The molecule has 1 N–H and O–H groups in total. The Morgan fingerprint density at radius 1 is 1.54 bits per heavy atom. The largest absolute Gasteiger partial charge is 0.339 e. The molecule has 1 aromatic rings. The van der Waals surface area contributed by atoms with Crippen molar-refractivity contribution in [3.8, 4) is 0 Å². The van der Waals surface area contributed by atoms with Gasteiger partial charge in [-0.15, -0.1) is 0 Å². The van der Waals surface area contributed by atoms with Gasteiger partial charge in [0.15, 0.2) is 5.82 Å². The fourth-order valence-electron chi connectivity index (χ4n) is 2.61. The van der Waals surface area contributed by atoms with Gasteiger partial charge in [0.1, 0.15) is 0 Å². The molecular weight excluding hydrogens is 166 g/mol. The van der Waals surface area contributed by atoms with Gasteiger partial charge in [-0.05, 0) is 32.2 Å². The summed E-state index contributed by atoms with van der Waals surface area (Å²) in [6.07, 6.45) is 2.45. The maximum absolute atomic E-state index is 5.24. The van der Waals surface area contributed by atoms with Gasteiger partial charge in [0.05, 0.1) is 5.41 Å². The molecule has 3 fully saturated rings. The summed E-state index contributed by atoms with van der Waals surface area (Å²) in [7, 11) is 0. The molecule has 70 valence electrons. The van der Waals surface area contributed by atoms with E-state index in [1.807, 2.05) is 6.92 Å². The Kier molecular flexibility index (Phi) is 1.34. The molecular formula is C9H13N3O. The average molecular weight is 179 g/mol. The van der Waals surface area contributed by atoms with Crippen molar-refractivity contribution in [3.63, 3.8) is 0 Å². The van der Waals surface area contributed by atoms with Crippen molar-refractivity contribution in [2.75, 3.05) is 13.1 Å². The van der Waals surface area contributed by atoms with Crippen molar-refractivity contribution in [1.82, 2.24) is 15.5 Å². The van der Waals surface area contributed by atoms with Gasteiger partial charge in [-0.2, -0.15) is 4.98 Å². The monoisotopic (exact) mass is 179 g/mol. The lowest BCUT2D eigenvalue weighted by Crippen LogP contribution is -2.57. The molecule has 4 heteroatoms. The first-order valence-corrected chi connectivity index (χ1v) is 4.80. The number of rotatable bonds is 1. The minimum absolute atomic E-state index is 0.185. The number of aryl methyl sites for hydroxylation is 1. The number of fused-ring (bicyclic) bond motifs is 2.